The monoisotopic (exact) mass is 204 g/mol. The minimum Gasteiger partial charge on any atom is -0.386 e. The molecule has 1 aromatic carbocycles. The Bertz CT molecular complexity index is 462. The van der Waals surface area contributed by atoms with E-state index in [2.05, 4.69) is 35.4 Å². The van der Waals surface area contributed by atoms with Gasteiger partial charge >= 0.3 is 0 Å². The summed E-state index contributed by atoms with van der Waals surface area (Å²) in [6.45, 7) is 2.62. The Hall–Kier alpha value is -1.32. The lowest BCUT2D eigenvalue weighted by molar-refractivity contribution is 0.174. The first-order valence-electron chi connectivity index (χ1n) is 5.12. The maximum atomic E-state index is 9.80. The van der Waals surface area contributed by atoms with E-state index in [0.29, 0.717) is 6.54 Å². The van der Waals surface area contributed by atoms with E-state index in [1.807, 2.05) is 13.1 Å². The van der Waals surface area contributed by atoms with Crippen LogP contribution in [0.25, 0.3) is 10.9 Å². The molecule has 0 aliphatic rings. The summed E-state index contributed by atoms with van der Waals surface area (Å²) in [7, 11) is 1.83. The van der Waals surface area contributed by atoms with Gasteiger partial charge in [-0.25, -0.2) is 0 Å². The molecule has 2 aromatic rings. The van der Waals surface area contributed by atoms with Crippen molar-refractivity contribution in [2.45, 2.75) is 13.0 Å². The summed E-state index contributed by atoms with van der Waals surface area (Å²) in [5.74, 6) is 0. The summed E-state index contributed by atoms with van der Waals surface area (Å²) in [6, 6.07) is 8.23. The average Bonchev–Trinajstić information content (AvgIpc) is 2.60. The van der Waals surface area contributed by atoms with E-state index in [0.717, 1.165) is 16.6 Å². The van der Waals surface area contributed by atoms with Crippen LogP contribution in [0.5, 0.6) is 0 Å². The van der Waals surface area contributed by atoms with Crippen molar-refractivity contribution in [2.75, 3.05) is 13.6 Å². The summed E-state index contributed by atoms with van der Waals surface area (Å²) < 4.78 is 0. The van der Waals surface area contributed by atoms with Crippen molar-refractivity contribution >= 4 is 10.9 Å². The van der Waals surface area contributed by atoms with E-state index < -0.39 is 6.10 Å². The number of hydrogen-bond acceptors (Lipinski definition) is 2. The Labute approximate surface area is 89.1 Å². The zero-order valence-electron chi connectivity index (χ0n) is 9.04. The Balaban J connectivity index is 2.38. The fourth-order valence-corrected chi connectivity index (χ4v) is 1.75. The standard InChI is InChI=1S/C12H16N2O/c1-8-3-4-9-6-11(12(15)7-13-2)14-10(9)5-8/h3-6,12-15H,7H2,1-2H3. The summed E-state index contributed by atoms with van der Waals surface area (Å²) in [5.41, 5.74) is 3.17. The molecule has 3 heteroatoms. The molecule has 0 saturated heterocycles. The molecule has 0 amide bonds. The molecule has 80 valence electrons. The number of aliphatic hydroxyl groups excluding tert-OH is 1. The molecule has 0 aliphatic heterocycles. The number of H-pyrrole nitrogens is 1. The number of likely N-dealkylation sites (N-methyl/N-ethyl adjacent to an activating group) is 1. The Morgan fingerprint density at radius 2 is 2.20 bits per heavy atom. The summed E-state index contributed by atoms with van der Waals surface area (Å²) in [6.07, 6.45) is -0.470. The van der Waals surface area contributed by atoms with E-state index >= 15 is 0 Å². The second-order valence-electron chi connectivity index (χ2n) is 3.89. The van der Waals surface area contributed by atoms with Gasteiger partial charge in [0.05, 0.1) is 0 Å². The molecule has 1 unspecified atom stereocenters. The number of fused-ring (bicyclic) bond motifs is 1. The van der Waals surface area contributed by atoms with E-state index in [1.54, 1.807) is 0 Å². The first-order valence-corrected chi connectivity index (χ1v) is 5.12. The predicted molar refractivity (Wildman–Crippen MR) is 61.9 cm³/mol. The second kappa shape index (κ2) is 4.04. The number of nitrogens with one attached hydrogen (secondary N) is 2. The summed E-state index contributed by atoms with van der Waals surface area (Å²) in [4.78, 5) is 3.23. The van der Waals surface area contributed by atoms with Crippen LogP contribution in [0.1, 0.15) is 17.4 Å². The summed E-state index contributed by atoms with van der Waals surface area (Å²) >= 11 is 0. The molecule has 0 fully saturated rings. The Kier molecular flexibility index (Phi) is 2.75. The third-order valence-corrected chi connectivity index (χ3v) is 2.56. The molecule has 0 spiro atoms. The minimum absolute atomic E-state index is 0.470. The van der Waals surface area contributed by atoms with Gasteiger partial charge < -0.3 is 15.4 Å². The second-order valence-corrected chi connectivity index (χ2v) is 3.89. The highest BCUT2D eigenvalue weighted by molar-refractivity contribution is 5.81. The van der Waals surface area contributed by atoms with Crippen LogP contribution in [0.15, 0.2) is 24.3 Å². The van der Waals surface area contributed by atoms with E-state index in [1.165, 1.54) is 5.56 Å². The Morgan fingerprint density at radius 1 is 1.40 bits per heavy atom. The molecule has 2 rings (SSSR count). The van der Waals surface area contributed by atoms with Gasteiger partial charge in [0.25, 0.3) is 0 Å². The lowest BCUT2D eigenvalue weighted by Crippen LogP contribution is -2.16. The number of aromatic nitrogens is 1. The number of hydrogen-bond donors (Lipinski definition) is 3. The van der Waals surface area contributed by atoms with Crippen LogP contribution in [0.4, 0.5) is 0 Å². The van der Waals surface area contributed by atoms with Gasteiger partial charge in [-0.1, -0.05) is 12.1 Å². The van der Waals surface area contributed by atoms with Gasteiger partial charge in [0.1, 0.15) is 6.10 Å². The lowest BCUT2D eigenvalue weighted by atomic mass is 10.2. The molecule has 0 bridgehead atoms. The van der Waals surface area contributed by atoms with Crippen LogP contribution in [0.3, 0.4) is 0 Å². The van der Waals surface area contributed by atoms with Crippen LogP contribution in [-0.2, 0) is 0 Å². The first-order chi connectivity index (χ1) is 7.20. The SMILES string of the molecule is CNCC(O)c1cc2ccc(C)cc2[nH]1. The maximum absolute atomic E-state index is 9.80. The van der Waals surface area contributed by atoms with Gasteiger partial charge in [-0.2, -0.15) is 0 Å². The van der Waals surface area contributed by atoms with Crippen LogP contribution in [-0.4, -0.2) is 23.7 Å². The number of rotatable bonds is 3. The van der Waals surface area contributed by atoms with E-state index in [9.17, 15) is 5.11 Å². The quantitative estimate of drug-likeness (QED) is 0.713. The van der Waals surface area contributed by atoms with Crippen molar-refractivity contribution < 1.29 is 5.11 Å². The van der Waals surface area contributed by atoms with Crippen molar-refractivity contribution in [2.24, 2.45) is 0 Å². The molecule has 0 aliphatic carbocycles. The van der Waals surface area contributed by atoms with Gasteiger partial charge in [0, 0.05) is 17.8 Å². The highest BCUT2D eigenvalue weighted by Gasteiger charge is 2.09. The molecule has 1 heterocycles. The van der Waals surface area contributed by atoms with Gasteiger partial charge in [-0.05, 0) is 37.1 Å². The van der Waals surface area contributed by atoms with Crippen molar-refractivity contribution in [1.82, 2.24) is 10.3 Å². The number of aryl methyl sites for hydroxylation is 1. The van der Waals surface area contributed by atoms with Gasteiger partial charge in [-0.3, -0.25) is 0 Å². The van der Waals surface area contributed by atoms with Crippen molar-refractivity contribution in [3.05, 3.63) is 35.5 Å². The van der Waals surface area contributed by atoms with Crippen molar-refractivity contribution in [3.63, 3.8) is 0 Å². The maximum Gasteiger partial charge on any atom is 0.106 e. The lowest BCUT2D eigenvalue weighted by Gasteiger charge is -2.06. The molecule has 0 saturated carbocycles. The van der Waals surface area contributed by atoms with Gasteiger partial charge in [-0.15, -0.1) is 0 Å². The third kappa shape index (κ3) is 2.03. The number of aromatic amines is 1. The molecular formula is C12H16N2O. The third-order valence-electron chi connectivity index (χ3n) is 2.56. The number of benzene rings is 1. The molecule has 0 radical (unpaired) electrons. The van der Waals surface area contributed by atoms with E-state index in [-0.39, 0.29) is 0 Å². The fraction of sp³-hybridized carbons (Fsp3) is 0.333. The van der Waals surface area contributed by atoms with Gasteiger partial charge in [0.2, 0.25) is 0 Å². The van der Waals surface area contributed by atoms with Crippen LogP contribution in [0.2, 0.25) is 0 Å². The molecule has 3 N–H and O–H groups in total. The molecule has 3 nitrogen and oxygen atoms in total. The smallest absolute Gasteiger partial charge is 0.106 e. The topological polar surface area (TPSA) is 48.0 Å². The largest absolute Gasteiger partial charge is 0.386 e. The zero-order valence-corrected chi connectivity index (χ0v) is 9.04. The molecule has 1 aromatic heterocycles. The molecule has 1 atom stereocenters. The predicted octanol–water partition coefficient (Wildman–Crippen LogP) is 1.73. The fourth-order valence-electron chi connectivity index (χ4n) is 1.75. The average molecular weight is 204 g/mol. The molecular weight excluding hydrogens is 188 g/mol. The molecule has 15 heavy (non-hydrogen) atoms. The summed E-state index contributed by atoms with van der Waals surface area (Å²) in [5, 5.41) is 13.9. The van der Waals surface area contributed by atoms with Crippen molar-refractivity contribution in [1.29, 1.82) is 0 Å². The first kappa shape index (κ1) is 10.2. The zero-order chi connectivity index (χ0) is 10.8. The van der Waals surface area contributed by atoms with Crippen LogP contribution in [0, 0.1) is 6.92 Å². The van der Waals surface area contributed by atoms with Crippen molar-refractivity contribution in [3.8, 4) is 0 Å². The highest BCUT2D eigenvalue weighted by atomic mass is 16.3. The Morgan fingerprint density at radius 3 is 2.93 bits per heavy atom. The highest BCUT2D eigenvalue weighted by Crippen LogP contribution is 2.20. The minimum atomic E-state index is -0.470. The van der Waals surface area contributed by atoms with Crippen LogP contribution < -0.4 is 5.32 Å². The van der Waals surface area contributed by atoms with E-state index in [4.69, 9.17) is 0 Å². The number of aliphatic hydroxyl groups is 1. The van der Waals surface area contributed by atoms with Crippen LogP contribution >= 0.6 is 0 Å². The normalized spacial score (nSPS) is 13.3. The van der Waals surface area contributed by atoms with Gasteiger partial charge in [0.15, 0.2) is 0 Å².